The van der Waals surface area contributed by atoms with Crippen molar-refractivity contribution in [1.29, 1.82) is 0 Å². The molecule has 6 heteroatoms. The van der Waals surface area contributed by atoms with E-state index in [0.29, 0.717) is 11.8 Å². The molecule has 5 nitrogen and oxygen atoms in total. The van der Waals surface area contributed by atoms with Crippen LogP contribution < -0.4 is 10.2 Å². The van der Waals surface area contributed by atoms with Crippen LogP contribution in [-0.2, 0) is 13.6 Å². The van der Waals surface area contributed by atoms with Gasteiger partial charge in [0.1, 0.15) is 0 Å². The summed E-state index contributed by atoms with van der Waals surface area (Å²) in [7, 11) is -4.14. The minimum Gasteiger partial charge on any atom is -0.756 e. The molecule has 0 saturated heterocycles. The van der Waals surface area contributed by atoms with Gasteiger partial charge in [0.05, 0.1) is 25.3 Å². The van der Waals surface area contributed by atoms with E-state index in [-0.39, 0.29) is 13.2 Å². The van der Waals surface area contributed by atoms with E-state index in [1.165, 1.54) is 64.2 Å². The van der Waals surface area contributed by atoms with Gasteiger partial charge in [0, 0.05) is 0 Å². The Morgan fingerprint density at radius 2 is 1.12 bits per heavy atom. The number of unbranched alkanes of at least 4 members (excludes halogenated alkanes) is 2. The highest BCUT2D eigenvalue weighted by molar-refractivity contribution is 7.45. The van der Waals surface area contributed by atoms with Gasteiger partial charge < -0.3 is 19.3 Å². The molecule has 204 valence electrons. The number of hydrogen-bond donors (Lipinski definition) is 1. The molecule has 0 amide bonds. The average molecular weight is 504 g/mol. The van der Waals surface area contributed by atoms with Gasteiger partial charge in [0.25, 0.3) is 7.82 Å². The van der Waals surface area contributed by atoms with Crippen LogP contribution >= 0.6 is 7.82 Å². The highest BCUT2D eigenvalue weighted by atomic mass is 31.2. The van der Waals surface area contributed by atoms with E-state index >= 15 is 0 Å². The van der Waals surface area contributed by atoms with Crippen molar-refractivity contribution in [3.05, 3.63) is 0 Å². The summed E-state index contributed by atoms with van der Waals surface area (Å²) < 4.78 is 21.9. The molecule has 2 saturated carbocycles. The van der Waals surface area contributed by atoms with Crippen molar-refractivity contribution in [3.8, 4) is 0 Å². The fourth-order valence-corrected chi connectivity index (χ4v) is 6.13. The van der Waals surface area contributed by atoms with E-state index in [9.17, 15) is 9.46 Å². The second-order valence-corrected chi connectivity index (χ2v) is 12.3. The molecule has 0 bridgehead atoms. The van der Waals surface area contributed by atoms with Gasteiger partial charge in [-0.25, -0.2) is 0 Å². The summed E-state index contributed by atoms with van der Waals surface area (Å²) in [6.07, 6.45) is 23.3. The first-order valence-electron chi connectivity index (χ1n) is 14.9. The third-order valence-corrected chi connectivity index (χ3v) is 8.80. The Morgan fingerprint density at radius 1 is 0.735 bits per heavy atom. The first kappa shape index (κ1) is 32.1. The molecule has 0 radical (unpaired) electrons. The number of nitrogens with two attached hydrogens (primary N) is 1. The predicted octanol–water partition coefficient (Wildman–Crippen LogP) is 7.14. The fraction of sp³-hybridized carbons (Fsp3) is 1.00. The van der Waals surface area contributed by atoms with Gasteiger partial charge >= 0.3 is 0 Å². The van der Waals surface area contributed by atoms with Gasteiger partial charge in [-0.15, -0.1) is 0 Å². The van der Waals surface area contributed by atoms with Crippen molar-refractivity contribution in [2.45, 2.75) is 155 Å². The van der Waals surface area contributed by atoms with Crippen LogP contribution in [0.1, 0.15) is 143 Å². The van der Waals surface area contributed by atoms with Crippen molar-refractivity contribution in [3.63, 3.8) is 0 Å². The predicted molar refractivity (Wildman–Crippen MR) is 142 cm³/mol. The van der Waals surface area contributed by atoms with Gasteiger partial charge in [-0.3, -0.25) is 4.57 Å². The van der Waals surface area contributed by atoms with Gasteiger partial charge in [-0.05, 0) is 76.0 Å². The molecular weight excluding hydrogens is 445 g/mol. The molecule has 0 aromatic heterocycles. The summed E-state index contributed by atoms with van der Waals surface area (Å²) in [4.78, 5) is 11.8. The highest BCUT2D eigenvalue weighted by Crippen LogP contribution is 2.40. The molecule has 2 aliphatic rings. The van der Waals surface area contributed by atoms with E-state index in [1.54, 1.807) is 0 Å². The maximum atomic E-state index is 11.8. The molecule has 0 aliphatic heterocycles. The lowest BCUT2D eigenvalue weighted by Crippen LogP contribution is -2.95. The minimum absolute atomic E-state index is 0.253. The van der Waals surface area contributed by atoms with Crippen molar-refractivity contribution in [2.75, 3.05) is 13.2 Å². The summed E-state index contributed by atoms with van der Waals surface area (Å²) in [6.45, 7) is 8.91. The molecule has 2 aliphatic carbocycles. The maximum Gasteiger partial charge on any atom is 0.267 e. The smallest absolute Gasteiger partial charge is 0.267 e. The largest absolute Gasteiger partial charge is 0.756 e. The van der Waals surface area contributed by atoms with Gasteiger partial charge in [0.2, 0.25) is 0 Å². The molecule has 0 aromatic rings. The maximum absolute atomic E-state index is 11.8. The second kappa shape index (κ2) is 20.2. The lowest BCUT2D eigenvalue weighted by Gasteiger charge is -2.27. The van der Waals surface area contributed by atoms with E-state index in [4.69, 9.17) is 9.05 Å². The normalized spacial score (nSPS) is 21.3. The summed E-state index contributed by atoms with van der Waals surface area (Å²) >= 11 is 0. The van der Waals surface area contributed by atoms with Crippen LogP contribution in [0.2, 0.25) is 0 Å². The molecule has 2 rings (SSSR count). The Hall–Kier alpha value is 0.0700. The van der Waals surface area contributed by atoms with Crippen LogP contribution in [0.3, 0.4) is 0 Å². The third kappa shape index (κ3) is 15.9. The molecule has 2 fully saturated rings. The second-order valence-electron chi connectivity index (χ2n) is 10.9. The lowest BCUT2D eigenvalue weighted by atomic mass is 9.91. The average Bonchev–Trinajstić information content (AvgIpc) is 2.86. The molecule has 2 N–H and O–H groups in total. The van der Waals surface area contributed by atoms with Crippen molar-refractivity contribution < 1.29 is 23.8 Å². The number of phosphoric acid groups is 1. The lowest BCUT2D eigenvalue weighted by molar-refractivity contribution is -0.725. The molecule has 2 atom stereocenters. The van der Waals surface area contributed by atoms with Crippen LogP contribution in [0, 0.1) is 11.8 Å². The molecule has 0 spiro atoms. The zero-order valence-electron chi connectivity index (χ0n) is 23.1. The van der Waals surface area contributed by atoms with E-state index in [0.717, 1.165) is 63.5 Å². The first-order chi connectivity index (χ1) is 16.4. The Labute approximate surface area is 212 Å². The van der Waals surface area contributed by atoms with Crippen LogP contribution in [0.5, 0.6) is 0 Å². The summed E-state index contributed by atoms with van der Waals surface area (Å²) in [6, 6.07) is 1.99. The van der Waals surface area contributed by atoms with Gasteiger partial charge in [0.15, 0.2) is 0 Å². The Balaban J connectivity index is 0.000000375. The number of phosphoric ester groups is 1. The Kier molecular flexibility index (Phi) is 19.0. The highest BCUT2D eigenvalue weighted by Gasteiger charge is 2.22. The van der Waals surface area contributed by atoms with Gasteiger partial charge in [-0.1, -0.05) is 79.1 Å². The van der Waals surface area contributed by atoms with E-state index in [1.807, 2.05) is 0 Å². The molecule has 0 aromatic carbocycles. The molecule has 34 heavy (non-hydrogen) atoms. The van der Waals surface area contributed by atoms with Crippen molar-refractivity contribution in [1.82, 2.24) is 0 Å². The topological polar surface area (TPSA) is 75.2 Å². The van der Waals surface area contributed by atoms with Crippen LogP contribution in [0.4, 0.5) is 0 Å². The standard InChI is InChI=1S/C16H35O4P.C12H23N/c1-5-9-11-15(7-3)13-19-21(17,18)20-14-16(8-4)12-10-6-2;1-3-7-11(8-4-1)13-12-9-5-2-6-10-12/h15-16H,5-14H2,1-4H3,(H,17,18);11-13H,1-10H2. The number of quaternary nitrogens is 1. The van der Waals surface area contributed by atoms with Crippen LogP contribution in [0.15, 0.2) is 0 Å². The van der Waals surface area contributed by atoms with E-state index < -0.39 is 7.82 Å². The quantitative estimate of drug-likeness (QED) is 0.227. The summed E-state index contributed by atoms with van der Waals surface area (Å²) in [5, 5.41) is 2.72. The Bertz CT molecular complexity index is 467. The van der Waals surface area contributed by atoms with Gasteiger partial charge in [-0.2, -0.15) is 0 Å². The van der Waals surface area contributed by atoms with Crippen LogP contribution in [-0.4, -0.2) is 25.3 Å². The zero-order chi connectivity index (χ0) is 25.1. The summed E-state index contributed by atoms with van der Waals surface area (Å²) in [5.74, 6) is 0.607. The minimum atomic E-state index is -4.14. The molecule has 0 heterocycles. The molecular formula is C28H58NO4P. The monoisotopic (exact) mass is 503 g/mol. The Morgan fingerprint density at radius 3 is 1.44 bits per heavy atom. The summed E-state index contributed by atoms with van der Waals surface area (Å²) in [5.41, 5.74) is 0. The first-order valence-corrected chi connectivity index (χ1v) is 16.3. The van der Waals surface area contributed by atoms with E-state index in [2.05, 4.69) is 33.0 Å². The number of hydrogen-bond acceptors (Lipinski definition) is 4. The SMILES string of the molecule is C1CCC([NH2+]C2CCCCC2)CC1.CCCCC(CC)COP(=O)([O-])OCC(CC)CCCC. The molecule has 2 unspecified atom stereocenters. The third-order valence-electron chi connectivity index (χ3n) is 7.87. The van der Waals surface area contributed by atoms with Crippen molar-refractivity contribution in [2.24, 2.45) is 11.8 Å². The zero-order valence-corrected chi connectivity index (χ0v) is 24.0. The van der Waals surface area contributed by atoms with Crippen molar-refractivity contribution >= 4 is 7.82 Å². The number of rotatable bonds is 16. The fourth-order valence-electron chi connectivity index (χ4n) is 5.27. The van der Waals surface area contributed by atoms with Crippen LogP contribution in [0.25, 0.3) is 0 Å².